The van der Waals surface area contributed by atoms with Gasteiger partial charge in [-0.25, -0.2) is 9.18 Å². The Bertz CT molecular complexity index is 790. The number of hydrogen-bond donors (Lipinski definition) is 1. The van der Waals surface area contributed by atoms with Crippen molar-refractivity contribution in [1.29, 1.82) is 0 Å². The Kier molecular flexibility index (Phi) is 4.88. The van der Waals surface area contributed by atoms with Crippen LogP contribution in [0.2, 0.25) is 5.02 Å². The molecule has 0 aliphatic carbocycles. The molecule has 1 N–H and O–H groups in total. The summed E-state index contributed by atoms with van der Waals surface area (Å²) in [6, 6.07) is 5.44. The monoisotopic (exact) mass is 364 g/mol. The van der Waals surface area contributed by atoms with Crippen molar-refractivity contribution < 1.29 is 36.9 Å². The highest BCUT2D eigenvalue weighted by Gasteiger charge is 2.31. The van der Waals surface area contributed by atoms with Crippen LogP contribution in [0.25, 0.3) is 0 Å². The predicted octanol–water partition coefficient (Wildman–Crippen LogP) is 5.18. The number of carboxylic acids is 1. The van der Waals surface area contributed by atoms with E-state index < -0.39 is 34.5 Å². The van der Waals surface area contributed by atoms with Crippen LogP contribution in [-0.2, 0) is 0 Å². The van der Waals surface area contributed by atoms with E-state index in [1.807, 2.05) is 0 Å². The van der Waals surface area contributed by atoms with E-state index in [1.165, 1.54) is 6.92 Å². The van der Waals surface area contributed by atoms with Crippen LogP contribution in [-0.4, -0.2) is 17.4 Å². The van der Waals surface area contributed by atoms with Crippen molar-refractivity contribution >= 4 is 17.6 Å². The van der Waals surface area contributed by atoms with Gasteiger partial charge >= 0.3 is 12.3 Å². The number of carbonyl (C=O) groups is 1. The summed E-state index contributed by atoms with van der Waals surface area (Å²) >= 11 is 5.53. The summed E-state index contributed by atoms with van der Waals surface area (Å²) in [5, 5.41) is 8.67. The second kappa shape index (κ2) is 6.56. The molecule has 0 fully saturated rings. The van der Waals surface area contributed by atoms with E-state index in [1.54, 1.807) is 0 Å². The largest absolute Gasteiger partial charge is 0.573 e. The Morgan fingerprint density at radius 1 is 1.17 bits per heavy atom. The Balaban J connectivity index is 2.36. The van der Waals surface area contributed by atoms with Gasteiger partial charge in [-0.05, 0) is 42.8 Å². The molecule has 24 heavy (non-hydrogen) atoms. The summed E-state index contributed by atoms with van der Waals surface area (Å²) < 4.78 is 59.4. The molecule has 0 heterocycles. The van der Waals surface area contributed by atoms with E-state index in [0.717, 1.165) is 30.3 Å². The second-order valence-electron chi connectivity index (χ2n) is 4.62. The molecule has 0 saturated carbocycles. The van der Waals surface area contributed by atoms with Crippen LogP contribution in [0.4, 0.5) is 17.6 Å². The van der Waals surface area contributed by atoms with Crippen LogP contribution in [0.3, 0.4) is 0 Å². The van der Waals surface area contributed by atoms with Gasteiger partial charge in [-0.3, -0.25) is 0 Å². The first-order chi connectivity index (χ1) is 11.1. The van der Waals surface area contributed by atoms with Crippen LogP contribution in [0.15, 0.2) is 30.3 Å². The third-order valence-electron chi connectivity index (χ3n) is 2.87. The SMILES string of the molecule is Cc1cc(OC(F)(F)F)ccc1Oc1ccc(Cl)c(F)c1C(=O)O. The highest BCUT2D eigenvalue weighted by atomic mass is 35.5. The van der Waals surface area contributed by atoms with Crippen molar-refractivity contribution in [1.82, 2.24) is 0 Å². The Labute approximate surface area is 138 Å². The molecular formula is C15H9ClF4O4. The molecular weight excluding hydrogens is 356 g/mol. The molecule has 0 bridgehead atoms. The maximum atomic E-state index is 13.8. The number of ether oxygens (including phenoxy) is 2. The number of carboxylic acid groups (broad SMARTS) is 1. The molecule has 2 aromatic carbocycles. The minimum atomic E-state index is -4.84. The van der Waals surface area contributed by atoms with Crippen molar-refractivity contribution in [3.63, 3.8) is 0 Å². The van der Waals surface area contributed by atoms with Gasteiger partial charge < -0.3 is 14.6 Å². The zero-order valence-electron chi connectivity index (χ0n) is 11.9. The van der Waals surface area contributed by atoms with Gasteiger partial charge in [0.15, 0.2) is 5.82 Å². The molecule has 2 aromatic rings. The molecule has 0 aliphatic heterocycles. The van der Waals surface area contributed by atoms with Crippen molar-refractivity contribution in [2.24, 2.45) is 0 Å². The lowest BCUT2D eigenvalue weighted by Crippen LogP contribution is -2.17. The minimum absolute atomic E-state index is 0.0359. The van der Waals surface area contributed by atoms with Gasteiger partial charge in [-0.1, -0.05) is 11.6 Å². The van der Waals surface area contributed by atoms with E-state index in [0.29, 0.717) is 0 Å². The normalized spacial score (nSPS) is 11.2. The van der Waals surface area contributed by atoms with Gasteiger partial charge in [0.05, 0.1) is 5.02 Å². The minimum Gasteiger partial charge on any atom is -0.477 e. The van der Waals surface area contributed by atoms with Crippen LogP contribution in [0.5, 0.6) is 17.2 Å². The van der Waals surface area contributed by atoms with Crippen LogP contribution in [0, 0.1) is 12.7 Å². The summed E-state index contributed by atoms with van der Waals surface area (Å²) in [6.07, 6.45) is -4.84. The molecule has 128 valence electrons. The maximum absolute atomic E-state index is 13.8. The average Bonchev–Trinajstić information content (AvgIpc) is 2.43. The molecule has 0 atom stereocenters. The molecule has 2 rings (SSSR count). The number of alkyl halides is 3. The van der Waals surface area contributed by atoms with E-state index in [2.05, 4.69) is 4.74 Å². The van der Waals surface area contributed by atoms with Crippen molar-refractivity contribution in [3.05, 3.63) is 52.3 Å². The maximum Gasteiger partial charge on any atom is 0.573 e. The summed E-state index contributed by atoms with van der Waals surface area (Å²) in [5.74, 6) is -3.53. The molecule has 0 saturated heterocycles. The smallest absolute Gasteiger partial charge is 0.477 e. The van der Waals surface area contributed by atoms with E-state index >= 15 is 0 Å². The highest BCUT2D eigenvalue weighted by molar-refractivity contribution is 6.31. The first kappa shape index (κ1) is 17.9. The van der Waals surface area contributed by atoms with Gasteiger partial charge in [-0.15, -0.1) is 13.2 Å². The lowest BCUT2D eigenvalue weighted by molar-refractivity contribution is -0.274. The fraction of sp³-hybridized carbons (Fsp3) is 0.133. The van der Waals surface area contributed by atoms with Crippen molar-refractivity contribution in [2.45, 2.75) is 13.3 Å². The second-order valence-corrected chi connectivity index (χ2v) is 5.02. The number of aromatic carboxylic acids is 1. The number of rotatable bonds is 4. The first-order valence-corrected chi connectivity index (χ1v) is 6.72. The number of halogens is 5. The topological polar surface area (TPSA) is 55.8 Å². The van der Waals surface area contributed by atoms with Gasteiger partial charge in [0, 0.05) is 0 Å². The first-order valence-electron chi connectivity index (χ1n) is 6.34. The van der Waals surface area contributed by atoms with Gasteiger partial charge in [0.25, 0.3) is 0 Å². The summed E-state index contributed by atoms with van der Waals surface area (Å²) in [5.41, 5.74) is -0.555. The molecule has 4 nitrogen and oxygen atoms in total. The Morgan fingerprint density at radius 3 is 2.33 bits per heavy atom. The van der Waals surface area contributed by atoms with Gasteiger partial charge in [0.2, 0.25) is 0 Å². The zero-order valence-corrected chi connectivity index (χ0v) is 12.7. The Morgan fingerprint density at radius 2 is 1.79 bits per heavy atom. The lowest BCUT2D eigenvalue weighted by Gasteiger charge is -2.14. The van der Waals surface area contributed by atoms with Crippen LogP contribution < -0.4 is 9.47 Å². The number of hydrogen-bond acceptors (Lipinski definition) is 3. The fourth-order valence-electron chi connectivity index (χ4n) is 1.87. The number of aryl methyl sites for hydroxylation is 1. The van der Waals surface area contributed by atoms with Crippen LogP contribution >= 0.6 is 11.6 Å². The van der Waals surface area contributed by atoms with E-state index in [-0.39, 0.29) is 17.1 Å². The third kappa shape index (κ3) is 4.08. The lowest BCUT2D eigenvalue weighted by atomic mass is 10.1. The summed E-state index contributed by atoms with van der Waals surface area (Å²) in [6.45, 7) is 1.42. The van der Waals surface area contributed by atoms with Crippen molar-refractivity contribution in [3.8, 4) is 17.2 Å². The molecule has 0 spiro atoms. The Hall–Kier alpha value is -2.48. The molecule has 0 aromatic heterocycles. The fourth-order valence-corrected chi connectivity index (χ4v) is 2.03. The average molecular weight is 365 g/mol. The predicted molar refractivity (Wildman–Crippen MR) is 76.3 cm³/mol. The molecule has 9 heteroatoms. The quantitative estimate of drug-likeness (QED) is 0.760. The van der Waals surface area contributed by atoms with Gasteiger partial charge in [0.1, 0.15) is 22.8 Å². The molecule has 0 aliphatic rings. The highest BCUT2D eigenvalue weighted by Crippen LogP contribution is 2.34. The molecule has 0 amide bonds. The molecule has 0 unspecified atom stereocenters. The standard InChI is InChI=1S/C15H9ClF4O4/c1-7-6-8(24-15(18,19)20)2-4-10(7)23-11-5-3-9(16)13(17)12(11)14(21)22/h2-6H,1H3,(H,21,22). The van der Waals surface area contributed by atoms with E-state index in [4.69, 9.17) is 21.4 Å². The van der Waals surface area contributed by atoms with E-state index in [9.17, 15) is 22.4 Å². The van der Waals surface area contributed by atoms with Crippen LogP contribution in [0.1, 0.15) is 15.9 Å². The summed E-state index contributed by atoms with van der Waals surface area (Å²) in [4.78, 5) is 11.2. The number of benzene rings is 2. The third-order valence-corrected chi connectivity index (χ3v) is 3.16. The van der Waals surface area contributed by atoms with Crippen molar-refractivity contribution in [2.75, 3.05) is 0 Å². The summed E-state index contributed by atoms with van der Waals surface area (Å²) in [7, 11) is 0. The molecule has 0 radical (unpaired) electrons. The van der Waals surface area contributed by atoms with Gasteiger partial charge in [-0.2, -0.15) is 0 Å². The zero-order chi connectivity index (χ0) is 18.1.